The maximum atomic E-state index is 12.0. The molecule has 0 spiro atoms. The fourth-order valence-corrected chi connectivity index (χ4v) is 2.16. The normalized spacial score (nSPS) is 12.2. The van der Waals surface area contributed by atoms with E-state index in [1.54, 1.807) is 46.1 Å². The molecule has 0 aliphatic rings. The van der Waals surface area contributed by atoms with Gasteiger partial charge < -0.3 is 25.3 Å². The van der Waals surface area contributed by atoms with Gasteiger partial charge in [0.05, 0.1) is 20.6 Å². The highest BCUT2D eigenvalue weighted by Crippen LogP contribution is 2.23. The standard InChI is InChI=1S/C17H26N2O5/c1-17(2,3)24-16(21)19-13(10-15(20)23-5)9-11-8-12(18)6-7-14(11)22-4/h6-8,13H,9-10,18H2,1-5H3,(H,19,21)/t13-/m0/s1. The summed E-state index contributed by atoms with van der Waals surface area (Å²) in [6, 6.07) is 4.70. The molecule has 0 radical (unpaired) electrons. The molecule has 1 rings (SSSR count). The van der Waals surface area contributed by atoms with Crippen LogP contribution in [0.3, 0.4) is 0 Å². The molecule has 0 saturated heterocycles. The van der Waals surface area contributed by atoms with E-state index in [0.29, 0.717) is 17.9 Å². The summed E-state index contributed by atoms with van der Waals surface area (Å²) in [7, 11) is 2.85. The van der Waals surface area contributed by atoms with Crippen LogP contribution in [0.5, 0.6) is 5.75 Å². The van der Waals surface area contributed by atoms with Crippen LogP contribution in [-0.2, 0) is 20.7 Å². The summed E-state index contributed by atoms with van der Waals surface area (Å²) in [5.41, 5.74) is 6.53. The lowest BCUT2D eigenvalue weighted by atomic mass is 10.0. The number of alkyl carbamates (subject to hydrolysis) is 1. The van der Waals surface area contributed by atoms with Crippen molar-refractivity contribution in [3.8, 4) is 5.75 Å². The molecule has 0 heterocycles. The zero-order valence-electron chi connectivity index (χ0n) is 14.8. The van der Waals surface area contributed by atoms with Gasteiger partial charge in [0.2, 0.25) is 0 Å². The highest BCUT2D eigenvalue weighted by Gasteiger charge is 2.23. The van der Waals surface area contributed by atoms with Crippen LogP contribution in [-0.4, -0.2) is 37.9 Å². The van der Waals surface area contributed by atoms with Gasteiger partial charge >= 0.3 is 12.1 Å². The molecule has 134 valence electrons. The number of anilines is 1. The Morgan fingerprint density at radius 3 is 2.46 bits per heavy atom. The van der Waals surface area contributed by atoms with E-state index in [9.17, 15) is 9.59 Å². The first-order valence-electron chi connectivity index (χ1n) is 7.63. The summed E-state index contributed by atoms with van der Waals surface area (Å²) in [6.07, 6.45) is -0.241. The van der Waals surface area contributed by atoms with E-state index in [-0.39, 0.29) is 6.42 Å². The number of rotatable bonds is 6. The molecule has 1 aromatic carbocycles. The van der Waals surface area contributed by atoms with Crippen molar-refractivity contribution in [1.82, 2.24) is 5.32 Å². The lowest BCUT2D eigenvalue weighted by Crippen LogP contribution is -2.41. The highest BCUT2D eigenvalue weighted by molar-refractivity contribution is 5.73. The molecule has 1 aromatic rings. The number of benzene rings is 1. The second-order valence-corrected chi connectivity index (χ2v) is 6.40. The van der Waals surface area contributed by atoms with Crippen molar-refractivity contribution < 1.29 is 23.8 Å². The second-order valence-electron chi connectivity index (χ2n) is 6.40. The third-order valence-corrected chi connectivity index (χ3v) is 3.13. The molecule has 0 saturated carbocycles. The average Bonchev–Trinajstić information content (AvgIpc) is 2.45. The lowest BCUT2D eigenvalue weighted by molar-refractivity contribution is -0.141. The second kappa shape index (κ2) is 8.42. The third-order valence-electron chi connectivity index (χ3n) is 3.13. The molecule has 7 nitrogen and oxygen atoms in total. The predicted molar refractivity (Wildman–Crippen MR) is 90.9 cm³/mol. The first-order chi connectivity index (χ1) is 11.1. The summed E-state index contributed by atoms with van der Waals surface area (Å²) in [5.74, 6) is 0.198. The van der Waals surface area contributed by atoms with Crippen LogP contribution in [0.2, 0.25) is 0 Å². The number of hydrogen-bond donors (Lipinski definition) is 2. The fraction of sp³-hybridized carbons (Fsp3) is 0.529. The molecule has 0 aliphatic heterocycles. The Morgan fingerprint density at radius 1 is 1.25 bits per heavy atom. The zero-order chi connectivity index (χ0) is 18.3. The van der Waals surface area contributed by atoms with Crippen molar-refractivity contribution in [3.63, 3.8) is 0 Å². The number of hydrogen-bond acceptors (Lipinski definition) is 6. The van der Waals surface area contributed by atoms with Crippen molar-refractivity contribution in [2.75, 3.05) is 20.0 Å². The Hall–Kier alpha value is -2.44. The van der Waals surface area contributed by atoms with Crippen molar-refractivity contribution in [2.24, 2.45) is 0 Å². The molecular weight excluding hydrogens is 312 g/mol. The lowest BCUT2D eigenvalue weighted by Gasteiger charge is -2.23. The Bertz CT molecular complexity index is 581. The molecule has 24 heavy (non-hydrogen) atoms. The Morgan fingerprint density at radius 2 is 1.92 bits per heavy atom. The van der Waals surface area contributed by atoms with E-state index < -0.39 is 23.7 Å². The first-order valence-corrected chi connectivity index (χ1v) is 7.63. The number of amides is 1. The smallest absolute Gasteiger partial charge is 0.407 e. The fourth-order valence-electron chi connectivity index (χ4n) is 2.16. The summed E-state index contributed by atoms with van der Waals surface area (Å²) in [4.78, 5) is 23.6. The average molecular weight is 338 g/mol. The molecule has 0 bridgehead atoms. The van der Waals surface area contributed by atoms with Gasteiger partial charge in [-0.2, -0.15) is 0 Å². The summed E-state index contributed by atoms with van der Waals surface area (Å²) in [6.45, 7) is 5.30. The number of ether oxygens (including phenoxy) is 3. The van der Waals surface area contributed by atoms with Crippen LogP contribution in [0.25, 0.3) is 0 Å². The minimum atomic E-state index is -0.630. The van der Waals surface area contributed by atoms with E-state index in [0.717, 1.165) is 5.56 Å². The summed E-state index contributed by atoms with van der Waals surface area (Å²) in [5, 5.41) is 2.70. The number of nitrogens with two attached hydrogens (primary N) is 1. The zero-order valence-corrected chi connectivity index (χ0v) is 14.8. The van der Waals surface area contributed by atoms with Crippen molar-refractivity contribution in [1.29, 1.82) is 0 Å². The van der Waals surface area contributed by atoms with Gasteiger partial charge in [-0.15, -0.1) is 0 Å². The van der Waals surface area contributed by atoms with Gasteiger partial charge in [-0.1, -0.05) is 0 Å². The highest BCUT2D eigenvalue weighted by atomic mass is 16.6. The topological polar surface area (TPSA) is 99.9 Å². The molecule has 0 aromatic heterocycles. The maximum Gasteiger partial charge on any atom is 0.407 e. The van der Waals surface area contributed by atoms with Crippen molar-refractivity contribution in [2.45, 2.75) is 45.3 Å². The van der Waals surface area contributed by atoms with E-state index in [2.05, 4.69) is 5.32 Å². The molecule has 0 unspecified atom stereocenters. The first kappa shape index (κ1) is 19.6. The van der Waals surface area contributed by atoms with E-state index in [1.807, 2.05) is 0 Å². The van der Waals surface area contributed by atoms with E-state index in [4.69, 9.17) is 19.9 Å². The van der Waals surface area contributed by atoms with Crippen molar-refractivity contribution >= 4 is 17.7 Å². The van der Waals surface area contributed by atoms with Crippen LogP contribution in [0.15, 0.2) is 18.2 Å². The minimum Gasteiger partial charge on any atom is -0.496 e. The number of carbonyl (C=O) groups excluding carboxylic acids is 2. The third kappa shape index (κ3) is 6.76. The van der Waals surface area contributed by atoms with Gasteiger partial charge in [-0.05, 0) is 51.0 Å². The van der Waals surface area contributed by atoms with Gasteiger partial charge in [-0.3, -0.25) is 4.79 Å². The number of methoxy groups -OCH3 is 2. The van der Waals surface area contributed by atoms with Gasteiger partial charge in [0.1, 0.15) is 11.4 Å². The quantitative estimate of drug-likeness (QED) is 0.610. The maximum absolute atomic E-state index is 12.0. The van der Waals surface area contributed by atoms with Crippen LogP contribution in [0, 0.1) is 0 Å². The number of nitrogens with one attached hydrogen (secondary N) is 1. The van der Waals surface area contributed by atoms with Crippen molar-refractivity contribution in [3.05, 3.63) is 23.8 Å². The Balaban J connectivity index is 2.92. The summed E-state index contributed by atoms with van der Waals surface area (Å²) < 4.78 is 15.2. The van der Waals surface area contributed by atoms with Crippen LogP contribution in [0.1, 0.15) is 32.8 Å². The number of carbonyl (C=O) groups is 2. The molecule has 0 fully saturated rings. The van der Waals surface area contributed by atoms with Gasteiger partial charge in [0.25, 0.3) is 0 Å². The Kier molecular flexibility index (Phi) is 6.88. The van der Waals surface area contributed by atoms with Gasteiger partial charge in [0.15, 0.2) is 0 Å². The predicted octanol–water partition coefficient (Wildman–Crippen LogP) is 2.28. The SMILES string of the molecule is COC(=O)C[C@H](Cc1cc(N)ccc1OC)NC(=O)OC(C)(C)C. The summed E-state index contributed by atoms with van der Waals surface area (Å²) >= 11 is 0. The number of nitrogen functional groups attached to an aromatic ring is 1. The molecule has 1 amide bonds. The van der Waals surface area contributed by atoms with E-state index >= 15 is 0 Å². The van der Waals surface area contributed by atoms with Crippen LogP contribution >= 0.6 is 0 Å². The van der Waals surface area contributed by atoms with Gasteiger partial charge in [-0.25, -0.2) is 4.79 Å². The molecule has 3 N–H and O–H groups in total. The van der Waals surface area contributed by atoms with Crippen LogP contribution in [0.4, 0.5) is 10.5 Å². The molecule has 0 aliphatic carbocycles. The minimum absolute atomic E-state index is 0.00764. The van der Waals surface area contributed by atoms with Crippen LogP contribution < -0.4 is 15.8 Å². The molecule has 1 atom stereocenters. The Labute approximate surface area is 142 Å². The largest absolute Gasteiger partial charge is 0.496 e. The molecular formula is C17H26N2O5. The monoisotopic (exact) mass is 338 g/mol. The van der Waals surface area contributed by atoms with E-state index in [1.165, 1.54) is 7.11 Å². The molecule has 7 heteroatoms. The van der Waals surface area contributed by atoms with Gasteiger partial charge in [0, 0.05) is 11.7 Å². The number of esters is 1.